The molecule has 31 nitrogen and oxygen atoms in total. The van der Waals surface area contributed by atoms with E-state index in [1.54, 1.807) is 189 Å². The molecule has 16 aromatic rings. The van der Waals surface area contributed by atoms with Crippen molar-refractivity contribution < 1.29 is 57.2 Å². The molecule has 0 spiro atoms. The molecule has 0 bridgehead atoms. The number of hydrogen-bond acceptors (Lipinski definition) is 23. The molecule has 8 heterocycles. The zero-order valence-electron chi connectivity index (χ0n) is 70.6. The minimum Gasteiger partial charge on any atom is -0.394 e. The number of imidazole rings is 1. The van der Waals surface area contributed by atoms with E-state index in [2.05, 4.69) is 76.9 Å². The Morgan fingerprint density at radius 3 is 1.22 bits per heavy atom. The average molecular weight is 1810 g/mol. The fourth-order valence-corrected chi connectivity index (χ4v) is 14.4. The van der Waals surface area contributed by atoms with Crippen LogP contribution >= 0.6 is 23.2 Å². The minimum atomic E-state index is -1.10. The highest BCUT2D eigenvalue weighted by Gasteiger charge is 2.27. The number of aliphatic hydroxyl groups excluding tert-OH is 4. The van der Waals surface area contributed by atoms with Crippen molar-refractivity contribution in [2.45, 2.75) is 31.1 Å². The Morgan fingerprint density at radius 2 is 0.802 bits per heavy atom. The smallest absolute Gasteiger partial charge is 0.257 e. The summed E-state index contributed by atoms with van der Waals surface area (Å²) >= 11 is 12.0. The Kier molecular flexibility index (Phi) is 29.9. The van der Waals surface area contributed by atoms with Crippen LogP contribution in [0.5, 0.6) is 0 Å². The molecule has 0 radical (unpaired) electrons. The molecule has 0 aliphatic carbocycles. The lowest BCUT2D eigenvalue weighted by Crippen LogP contribution is -2.32. The second-order valence-electron chi connectivity index (χ2n) is 29.7. The van der Waals surface area contributed by atoms with Crippen molar-refractivity contribution in [3.05, 3.63) is 340 Å². The summed E-state index contributed by atoms with van der Waals surface area (Å²) in [6.07, 6.45) is 16.3. The number of nitrogens with two attached hydrogens (primary N) is 4. The van der Waals surface area contributed by atoms with Crippen molar-refractivity contribution >= 4 is 70.1 Å². The van der Waals surface area contributed by atoms with Crippen LogP contribution in [0.1, 0.15) is 93.4 Å². The van der Waals surface area contributed by atoms with E-state index in [0.29, 0.717) is 66.3 Å². The SMILES string of the molecule is Cc1cc(-c2cc(-c3cnnn3C)cnc2N)ccc1C(=O)N[C@H](CO)c1cccc(Cl)c1.Cn1cc(-c2cnc(N)c(-c3ccc(C(=O)N[C@H](CO)c4ccccc4)c(F)c3)n2)cn1.Cn1cncc1-c1cnc(N)c(-c2ccc(C(=O)N[C@H](CO)c3ccccc3)c(F)c2)c1.Cn1nncc1-c1cnc(N)c(-c2cc(F)c(C(=O)N[C@H](CO)c3cccc(Cl)c3)c(F)c2)c1. The van der Waals surface area contributed by atoms with Gasteiger partial charge in [0, 0.05) is 113 Å². The second kappa shape index (κ2) is 42.2. The summed E-state index contributed by atoms with van der Waals surface area (Å²) in [5.74, 6) is -5.39. The summed E-state index contributed by atoms with van der Waals surface area (Å²) in [5.41, 5.74) is 36.4. The van der Waals surface area contributed by atoms with E-state index in [9.17, 15) is 57.2 Å². The number of aliphatic hydroxyl groups is 4. The van der Waals surface area contributed by atoms with Crippen LogP contribution in [0.25, 0.3) is 89.7 Å². The fraction of sp³-hybridized carbons (Fsp3) is 0.138. The Hall–Kier alpha value is -15.8. The lowest BCUT2D eigenvalue weighted by Gasteiger charge is -2.18. The van der Waals surface area contributed by atoms with Crippen LogP contribution in [0, 0.1) is 30.2 Å². The number of halogens is 6. The molecule has 8 aromatic heterocycles. The van der Waals surface area contributed by atoms with Gasteiger partial charge in [-0.25, -0.2) is 56.8 Å². The number of carbonyl (C=O) groups excluding carboxylic acids is 4. The van der Waals surface area contributed by atoms with Gasteiger partial charge in [-0.1, -0.05) is 143 Å². The molecule has 0 aliphatic rings. The second-order valence-corrected chi connectivity index (χ2v) is 30.6. The van der Waals surface area contributed by atoms with E-state index in [1.807, 2.05) is 61.0 Å². The third-order valence-electron chi connectivity index (χ3n) is 20.9. The van der Waals surface area contributed by atoms with Crippen molar-refractivity contribution in [2.75, 3.05) is 49.4 Å². The van der Waals surface area contributed by atoms with E-state index < -0.39 is 77.3 Å². The Bertz CT molecular complexity index is 6800. The largest absolute Gasteiger partial charge is 0.394 e. The summed E-state index contributed by atoms with van der Waals surface area (Å²) in [5, 5.41) is 70.0. The Morgan fingerprint density at radius 1 is 0.397 bits per heavy atom. The van der Waals surface area contributed by atoms with Gasteiger partial charge in [0.05, 0.1) is 122 Å². The van der Waals surface area contributed by atoms with E-state index in [1.165, 1.54) is 47.5 Å². The topological polar surface area (TPSA) is 463 Å². The molecular formula is C94H85Cl2F4N23O8. The molecule has 4 atom stereocenters. The highest BCUT2D eigenvalue weighted by Crippen LogP contribution is 2.37. The van der Waals surface area contributed by atoms with Crippen molar-refractivity contribution in [1.29, 1.82) is 0 Å². The number of amides is 4. The zero-order valence-corrected chi connectivity index (χ0v) is 72.1. The normalized spacial score (nSPS) is 11.9. The predicted octanol–water partition coefficient (Wildman–Crippen LogP) is 13.1. The van der Waals surface area contributed by atoms with Crippen molar-refractivity contribution in [2.24, 2.45) is 28.2 Å². The summed E-state index contributed by atoms with van der Waals surface area (Å²) in [7, 11) is 7.14. The maximum Gasteiger partial charge on any atom is 0.257 e. The van der Waals surface area contributed by atoms with E-state index >= 15 is 0 Å². The van der Waals surface area contributed by atoms with Gasteiger partial charge in [-0.3, -0.25) is 23.9 Å². The van der Waals surface area contributed by atoms with Crippen molar-refractivity contribution in [1.82, 2.24) is 95.5 Å². The number of carbonyl (C=O) groups is 4. The van der Waals surface area contributed by atoms with Gasteiger partial charge < -0.3 is 69.2 Å². The van der Waals surface area contributed by atoms with Gasteiger partial charge in [0.25, 0.3) is 23.6 Å². The number of pyridine rings is 3. The number of aryl methyl sites for hydroxylation is 5. The van der Waals surface area contributed by atoms with Gasteiger partial charge in [-0.15, -0.1) is 10.2 Å². The van der Waals surface area contributed by atoms with Crippen molar-refractivity contribution in [3.8, 4) is 89.7 Å². The maximum absolute atomic E-state index is 15.0. The maximum atomic E-state index is 15.0. The first-order valence-electron chi connectivity index (χ1n) is 40.1. The standard InChI is InChI=1S/C24H23ClN6O2.C24H22FN5O2.C23H19ClF2N6O2.C23H21FN6O2/c1-14-8-15(20-10-17(11-27-23(20)26)22-12-28-30-31(22)2)6-7-19(14)24(33)29-21(13-32)16-4-3-5-18(25)9-16;1-30-14-27-12-22(30)17-9-19(23(26)28-11-17)16-7-8-18(20(25)10-16)24(32)29-21(13-31)15-5-3-2-4-6-15;1-32-20(10-29-31-32)14-6-16(22(27)28-9-14)13-7-17(25)21(18(26)8-13)23(34)30-19(11-33)12-3-2-4-15(24)5-12;1-30-12-16(10-27-30)19-11-26-22(25)21(28-19)15-7-8-17(18(24)9-15)23(32)29-20(13-31)14-5-3-2-4-6-14/h3-12,21,32H,13H2,1-2H3,(H2,26,27)(H,29,33);2-12,14,21,31H,13H2,1H3,(H2,26,28)(H,29,32);2-10,19,33H,11H2,1H3,(H2,27,28)(H,30,34);2-12,20,31H,13H2,1H3,(H2,25,26)(H,29,32)/t2*21-;19-;20-/m1111/s1. The number of nitrogens with zero attached hydrogens (tertiary/aromatic N) is 15. The van der Waals surface area contributed by atoms with Gasteiger partial charge in [0.1, 0.15) is 57.8 Å². The fourth-order valence-electron chi connectivity index (χ4n) is 14.0. The summed E-state index contributed by atoms with van der Waals surface area (Å²) in [4.78, 5) is 76.4. The van der Waals surface area contributed by atoms with Crippen LogP contribution in [-0.2, 0) is 28.2 Å². The van der Waals surface area contributed by atoms with Gasteiger partial charge in [0.2, 0.25) is 0 Å². The molecule has 16 rings (SSSR count). The number of nitrogens with one attached hydrogen (secondary N) is 4. The first-order chi connectivity index (χ1) is 63.1. The summed E-state index contributed by atoms with van der Waals surface area (Å²) in [6.45, 7) is 0.484. The van der Waals surface area contributed by atoms with E-state index in [4.69, 9.17) is 46.1 Å². The third-order valence-corrected chi connectivity index (χ3v) is 21.4. The van der Waals surface area contributed by atoms with Crippen LogP contribution < -0.4 is 44.2 Å². The van der Waals surface area contributed by atoms with Gasteiger partial charge in [-0.05, 0) is 136 Å². The van der Waals surface area contributed by atoms with E-state index in [0.717, 1.165) is 73.6 Å². The van der Waals surface area contributed by atoms with Crippen LogP contribution in [0.15, 0.2) is 256 Å². The third kappa shape index (κ3) is 22.3. The highest BCUT2D eigenvalue weighted by molar-refractivity contribution is 6.31. The molecule has 0 saturated carbocycles. The quantitative estimate of drug-likeness (QED) is 0.0250. The number of anilines is 4. The molecule has 4 amide bonds. The van der Waals surface area contributed by atoms with Gasteiger partial charge >= 0.3 is 0 Å². The lowest BCUT2D eigenvalue weighted by molar-refractivity contribution is 0.0901. The number of aromatic nitrogens is 15. The average Bonchev–Trinajstić information content (AvgIpc) is 1.72. The van der Waals surface area contributed by atoms with E-state index in [-0.39, 0.29) is 65.4 Å². The molecule has 16 N–H and O–H groups in total. The molecule has 131 heavy (non-hydrogen) atoms. The van der Waals surface area contributed by atoms with Gasteiger partial charge in [-0.2, -0.15) is 5.10 Å². The molecule has 37 heteroatoms. The molecule has 8 aromatic carbocycles. The first-order valence-corrected chi connectivity index (χ1v) is 40.9. The lowest BCUT2D eigenvalue weighted by atomic mass is 9.98. The Balaban J connectivity index is 0.000000149. The molecule has 0 unspecified atom stereocenters. The monoisotopic (exact) mass is 1810 g/mol. The van der Waals surface area contributed by atoms with Gasteiger partial charge in [0.15, 0.2) is 0 Å². The summed E-state index contributed by atoms with van der Waals surface area (Å²) in [6, 6.07) is 49.9. The summed E-state index contributed by atoms with van der Waals surface area (Å²) < 4.78 is 66.4. The predicted molar refractivity (Wildman–Crippen MR) is 488 cm³/mol. The molecule has 0 saturated heterocycles. The van der Waals surface area contributed by atoms with Crippen LogP contribution in [0.4, 0.5) is 40.8 Å². The van der Waals surface area contributed by atoms with Crippen LogP contribution in [0.2, 0.25) is 10.0 Å². The van der Waals surface area contributed by atoms with Crippen LogP contribution in [0.3, 0.4) is 0 Å². The number of benzene rings is 8. The molecule has 0 fully saturated rings. The van der Waals surface area contributed by atoms with Crippen LogP contribution in [-0.4, -0.2) is 145 Å². The molecular weight excluding hydrogens is 1730 g/mol. The number of rotatable bonds is 24. The number of hydrogen-bond donors (Lipinski definition) is 12. The molecule has 0 aliphatic heterocycles. The Labute approximate surface area is 756 Å². The number of nitrogen functional groups attached to an aromatic ring is 4. The minimum absolute atomic E-state index is 0.0520. The van der Waals surface area contributed by atoms with Crippen molar-refractivity contribution in [3.63, 3.8) is 0 Å². The zero-order chi connectivity index (χ0) is 93.3. The first kappa shape index (κ1) is 92.9. The highest BCUT2D eigenvalue weighted by atomic mass is 35.5. The molecule has 666 valence electrons.